The summed E-state index contributed by atoms with van der Waals surface area (Å²) >= 11 is 0. The Bertz CT molecular complexity index is 323. The zero-order valence-electron chi connectivity index (χ0n) is 12.1. The second kappa shape index (κ2) is 9.78. The van der Waals surface area contributed by atoms with Crippen LogP contribution in [0.1, 0.15) is 19.4 Å². The number of benzene rings is 1. The molecule has 0 fully saturated rings. The van der Waals surface area contributed by atoms with E-state index in [1.54, 1.807) is 7.11 Å². The summed E-state index contributed by atoms with van der Waals surface area (Å²) in [6, 6.07) is 8.01. The number of ether oxygens (including phenoxy) is 4. The van der Waals surface area contributed by atoms with Crippen molar-refractivity contribution in [2.24, 2.45) is 0 Å². The predicted octanol–water partition coefficient (Wildman–Crippen LogP) is 2.65. The highest BCUT2D eigenvalue weighted by atomic mass is 16.7. The zero-order chi connectivity index (χ0) is 13.9. The van der Waals surface area contributed by atoms with Crippen LogP contribution in [0.15, 0.2) is 24.3 Å². The molecule has 0 spiro atoms. The summed E-state index contributed by atoms with van der Waals surface area (Å²) in [5.41, 5.74) is 1.21. The van der Waals surface area contributed by atoms with E-state index in [-0.39, 0.29) is 6.10 Å². The van der Waals surface area contributed by atoms with E-state index >= 15 is 0 Å². The molecule has 0 heterocycles. The van der Waals surface area contributed by atoms with E-state index in [4.69, 9.17) is 18.9 Å². The van der Waals surface area contributed by atoms with Crippen molar-refractivity contribution in [1.82, 2.24) is 0 Å². The van der Waals surface area contributed by atoms with Crippen LogP contribution in [0, 0.1) is 0 Å². The van der Waals surface area contributed by atoms with Crippen LogP contribution >= 0.6 is 0 Å². The molecule has 0 aliphatic carbocycles. The van der Waals surface area contributed by atoms with Crippen LogP contribution in [0.2, 0.25) is 0 Å². The van der Waals surface area contributed by atoms with Gasteiger partial charge in [0.05, 0.1) is 19.8 Å². The summed E-state index contributed by atoms with van der Waals surface area (Å²) < 4.78 is 21.4. The number of hydrogen-bond acceptors (Lipinski definition) is 4. The maximum Gasteiger partial charge on any atom is 0.146 e. The van der Waals surface area contributed by atoms with Crippen molar-refractivity contribution in [3.8, 4) is 5.75 Å². The lowest BCUT2D eigenvalue weighted by atomic mass is 10.1. The minimum absolute atomic E-state index is 0.0545. The van der Waals surface area contributed by atoms with Gasteiger partial charge in [-0.05, 0) is 31.5 Å². The number of hydrogen-bond donors (Lipinski definition) is 0. The van der Waals surface area contributed by atoms with Crippen LogP contribution in [0.4, 0.5) is 0 Å². The molecule has 1 atom stereocenters. The Morgan fingerprint density at radius 2 is 1.74 bits per heavy atom. The first-order chi connectivity index (χ1) is 9.30. The molecule has 19 heavy (non-hydrogen) atoms. The zero-order valence-corrected chi connectivity index (χ0v) is 12.1. The van der Waals surface area contributed by atoms with Crippen molar-refractivity contribution in [3.63, 3.8) is 0 Å². The van der Waals surface area contributed by atoms with Gasteiger partial charge in [0.25, 0.3) is 0 Å². The van der Waals surface area contributed by atoms with E-state index in [9.17, 15) is 0 Å². The first-order valence-electron chi connectivity index (χ1n) is 6.70. The molecular formula is C15H24O4. The summed E-state index contributed by atoms with van der Waals surface area (Å²) in [5, 5.41) is 0. The van der Waals surface area contributed by atoms with Gasteiger partial charge in [-0.2, -0.15) is 0 Å². The lowest BCUT2D eigenvalue weighted by Crippen LogP contribution is -2.23. The smallest absolute Gasteiger partial charge is 0.146 e. The standard InChI is InChI=1S/C15H24O4/c1-4-17-12-18-11-15(19-5-2)10-13-6-8-14(16-3)9-7-13/h6-9,15H,4-5,10-12H2,1-3H3. The van der Waals surface area contributed by atoms with E-state index in [0.29, 0.717) is 26.6 Å². The first kappa shape index (κ1) is 16.0. The van der Waals surface area contributed by atoms with E-state index in [1.165, 1.54) is 5.56 Å². The molecule has 0 saturated carbocycles. The fourth-order valence-corrected chi connectivity index (χ4v) is 1.75. The van der Waals surface area contributed by atoms with Crippen molar-refractivity contribution < 1.29 is 18.9 Å². The molecule has 0 aliphatic heterocycles. The lowest BCUT2D eigenvalue weighted by molar-refractivity contribution is -0.0881. The summed E-state index contributed by atoms with van der Waals surface area (Å²) in [7, 11) is 1.67. The molecule has 4 heteroatoms. The third-order valence-corrected chi connectivity index (χ3v) is 2.70. The number of methoxy groups -OCH3 is 1. The molecule has 0 N–H and O–H groups in total. The summed E-state index contributed by atoms with van der Waals surface area (Å²) in [5.74, 6) is 0.865. The Kier molecular flexibility index (Phi) is 8.21. The SMILES string of the molecule is CCOCOCC(Cc1ccc(OC)cc1)OCC. The van der Waals surface area contributed by atoms with E-state index < -0.39 is 0 Å². The van der Waals surface area contributed by atoms with Gasteiger partial charge in [0.15, 0.2) is 0 Å². The molecule has 4 nitrogen and oxygen atoms in total. The fourth-order valence-electron chi connectivity index (χ4n) is 1.75. The molecular weight excluding hydrogens is 244 g/mol. The fraction of sp³-hybridized carbons (Fsp3) is 0.600. The van der Waals surface area contributed by atoms with Crippen molar-refractivity contribution in [3.05, 3.63) is 29.8 Å². The normalized spacial score (nSPS) is 12.4. The van der Waals surface area contributed by atoms with E-state index in [1.807, 2.05) is 38.1 Å². The topological polar surface area (TPSA) is 36.9 Å². The van der Waals surface area contributed by atoms with Gasteiger partial charge in [0.1, 0.15) is 12.5 Å². The van der Waals surface area contributed by atoms with Gasteiger partial charge in [-0.3, -0.25) is 0 Å². The molecule has 0 aliphatic rings. The molecule has 0 aromatic heterocycles. The van der Waals surface area contributed by atoms with Gasteiger partial charge < -0.3 is 18.9 Å². The Hall–Kier alpha value is -1.10. The molecule has 1 aromatic rings. The van der Waals surface area contributed by atoms with Crippen LogP contribution in [-0.4, -0.2) is 39.8 Å². The number of rotatable bonds is 10. The molecule has 1 unspecified atom stereocenters. The average molecular weight is 268 g/mol. The Morgan fingerprint density at radius 3 is 2.32 bits per heavy atom. The van der Waals surface area contributed by atoms with Crippen molar-refractivity contribution >= 4 is 0 Å². The minimum atomic E-state index is 0.0545. The van der Waals surface area contributed by atoms with Crippen molar-refractivity contribution in [1.29, 1.82) is 0 Å². The molecule has 1 rings (SSSR count). The van der Waals surface area contributed by atoms with Crippen molar-refractivity contribution in [2.45, 2.75) is 26.4 Å². The third-order valence-electron chi connectivity index (χ3n) is 2.70. The Labute approximate surface area is 115 Å². The molecule has 0 saturated heterocycles. The van der Waals surface area contributed by atoms with Crippen LogP contribution in [0.5, 0.6) is 5.75 Å². The van der Waals surface area contributed by atoms with Crippen molar-refractivity contribution in [2.75, 3.05) is 33.7 Å². The molecule has 0 bridgehead atoms. The van der Waals surface area contributed by atoms with Gasteiger partial charge in [0.2, 0.25) is 0 Å². The van der Waals surface area contributed by atoms with Gasteiger partial charge >= 0.3 is 0 Å². The second-order valence-corrected chi connectivity index (χ2v) is 4.11. The van der Waals surface area contributed by atoms with Gasteiger partial charge in [0, 0.05) is 19.6 Å². The molecule has 0 amide bonds. The summed E-state index contributed by atoms with van der Waals surface area (Å²) in [6.45, 7) is 6.14. The van der Waals surface area contributed by atoms with Gasteiger partial charge in [-0.15, -0.1) is 0 Å². The predicted molar refractivity (Wildman–Crippen MR) is 74.6 cm³/mol. The van der Waals surface area contributed by atoms with E-state index in [2.05, 4.69) is 0 Å². The molecule has 1 aromatic carbocycles. The third kappa shape index (κ3) is 6.57. The lowest BCUT2D eigenvalue weighted by Gasteiger charge is -2.17. The largest absolute Gasteiger partial charge is 0.497 e. The quantitative estimate of drug-likeness (QED) is 0.483. The first-order valence-corrected chi connectivity index (χ1v) is 6.70. The van der Waals surface area contributed by atoms with Gasteiger partial charge in [-0.25, -0.2) is 0 Å². The van der Waals surface area contributed by atoms with Crippen LogP contribution in [0.3, 0.4) is 0 Å². The molecule has 108 valence electrons. The highest BCUT2D eigenvalue weighted by Crippen LogP contribution is 2.13. The molecule has 0 radical (unpaired) electrons. The maximum absolute atomic E-state index is 5.67. The maximum atomic E-state index is 5.67. The van der Waals surface area contributed by atoms with Gasteiger partial charge in [-0.1, -0.05) is 12.1 Å². The monoisotopic (exact) mass is 268 g/mol. The highest BCUT2D eigenvalue weighted by molar-refractivity contribution is 5.27. The van der Waals surface area contributed by atoms with Crippen LogP contribution in [-0.2, 0) is 20.6 Å². The van der Waals surface area contributed by atoms with Crippen LogP contribution in [0.25, 0.3) is 0 Å². The van der Waals surface area contributed by atoms with Crippen LogP contribution < -0.4 is 4.74 Å². The van der Waals surface area contributed by atoms with E-state index in [0.717, 1.165) is 12.2 Å². The average Bonchev–Trinajstić information content (AvgIpc) is 2.44. The second-order valence-electron chi connectivity index (χ2n) is 4.11. The summed E-state index contributed by atoms with van der Waals surface area (Å²) in [4.78, 5) is 0. The summed E-state index contributed by atoms with van der Waals surface area (Å²) in [6.07, 6.45) is 0.878. The highest BCUT2D eigenvalue weighted by Gasteiger charge is 2.10. The Balaban J connectivity index is 2.42. The Morgan fingerprint density at radius 1 is 1.00 bits per heavy atom. The minimum Gasteiger partial charge on any atom is -0.497 e.